The first kappa shape index (κ1) is 23.1. The summed E-state index contributed by atoms with van der Waals surface area (Å²) < 4.78 is 33.1. The summed E-state index contributed by atoms with van der Waals surface area (Å²) >= 11 is 0. The van der Waals surface area contributed by atoms with Crippen LogP contribution in [-0.2, 0) is 10.0 Å². The number of amides is 1. The number of piperidine rings is 1. The van der Waals surface area contributed by atoms with Gasteiger partial charge in [-0.15, -0.1) is 0 Å². The molecule has 0 bridgehead atoms. The number of carbonyl (C=O) groups excluding carboxylic acids is 1. The number of ether oxygens (including phenoxy) is 1. The van der Waals surface area contributed by atoms with Crippen LogP contribution in [-0.4, -0.2) is 52.0 Å². The van der Waals surface area contributed by atoms with Gasteiger partial charge in [0.05, 0.1) is 12.0 Å². The molecule has 0 aromatic heterocycles. The normalized spacial score (nSPS) is 15.4. The number of likely N-dealkylation sites (tertiary alicyclic amines) is 1. The number of unbranched alkanes of at least 4 members (excludes halogenated alkanes) is 1. The zero-order chi connectivity index (χ0) is 22.3. The molecule has 2 aromatic rings. The van der Waals surface area contributed by atoms with Crippen LogP contribution in [0.15, 0.2) is 53.4 Å². The molecule has 1 heterocycles. The minimum Gasteiger partial charge on any atom is -0.497 e. The van der Waals surface area contributed by atoms with Crippen LogP contribution in [0.2, 0.25) is 0 Å². The van der Waals surface area contributed by atoms with E-state index in [4.69, 9.17) is 4.74 Å². The van der Waals surface area contributed by atoms with Crippen LogP contribution >= 0.6 is 0 Å². The number of sulfonamides is 1. The topological polar surface area (TPSA) is 87.7 Å². The Morgan fingerprint density at radius 1 is 1.13 bits per heavy atom. The van der Waals surface area contributed by atoms with Crippen molar-refractivity contribution in [1.29, 1.82) is 0 Å². The van der Waals surface area contributed by atoms with Gasteiger partial charge in [0.15, 0.2) is 0 Å². The minimum absolute atomic E-state index is 0.0466. The molecule has 0 atom stereocenters. The molecule has 0 spiro atoms. The van der Waals surface area contributed by atoms with E-state index in [1.807, 2.05) is 0 Å². The molecule has 31 heavy (non-hydrogen) atoms. The van der Waals surface area contributed by atoms with Crippen molar-refractivity contribution in [1.82, 2.24) is 10.2 Å². The molecule has 3 rings (SSSR count). The fourth-order valence-corrected chi connectivity index (χ4v) is 4.73. The van der Waals surface area contributed by atoms with Crippen molar-refractivity contribution in [2.24, 2.45) is 0 Å². The Kier molecular flexibility index (Phi) is 7.92. The van der Waals surface area contributed by atoms with Gasteiger partial charge in [0.25, 0.3) is 15.9 Å². The molecule has 2 N–H and O–H groups in total. The van der Waals surface area contributed by atoms with E-state index in [1.54, 1.807) is 43.5 Å². The second kappa shape index (κ2) is 10.6. The Labute approximate surface area is 184 Å². The van der Waals surface area contributed by atoms with Gasteiger partial charge < -0.3 is 15.0 Å². The molecule has 1 saturated heterocycles. The van der Waals surface area contributed by atoms with E-state index in [9.17, 15) is 13.2 Å². The lowest BCUT2D eigenvalue weighted by Gasteiger charge is -2.32. The first-order chi connectivity index (χ1) is 14.9. The number of carbonyl (C=O) groups is 1. The number of methoxy groups -OCH3 is 1. The number of anilines is 1. The fraction of sp³-hybridized carbons (Fsp3) is 0.435. The fourth-order valence-electron chi connectivity index (χ4n) is 3.63. The van der Waals surface area contributed by atoms with E-state index < -0.39 is 10.0 Å². The molecular formula is C23H31N3O4S. The number of rotatable bonds is 9. The van der Waals surface area contributed by atoms with Crippen molar-refractivity contribution in [3.63, 3.8) is 0 Å². The maximum absolute atomic E-state index is 12.8. The van der Waals surface area contributed by atoms with Gasteiger partial charge in [0, 0.05) is 30.4 Å². The van der Waals surface area contributed by atoms with E-state index in [2.05, 4.69) is 21.9 Å². The molecule has 0 saturated carbocycles. The highest BCUT2D eigenvalue weighted by atomic mass is 32.2. The molecular weight excluding hydrogens is 414 g/mol. The Bertz CT molecular complexity index is 969. The summed E-state index contributed by atoms with van der Waals surface area (Å²) in [6.07, 6.45) is 4.20. The summed E-state index contributed by atoms with van der Waals surface area (Å²) in [5, 5.41) is 3.06. The van der Waals surface area contributed by atoms with Gasteiger partial charge in [-0.2, -0.15) is 0 Å². The highest BCUT2D eigenvalue weighted by Gasteiger charge is 2.22. The molecule has 1 aliphatic rings. The number of hydrogen-bond donors (Lipinski definition) is 2. The summed E-state index contributed by atoms with van der Waals surface area (Å²) in [4.78, 5) is 15.2. The Morgan fingerprint density at radius 3 is 2.48 bits per heavy atom. The van der Waals surface area contributed by atoms with Gasteiger partial charge >= 0.3 is 0 Å². The summed E-state index contributed by atoms with van der Waals surface area (Å²) in [5.74, 6) is 0.395. The first-order valence-corrected chi connectivity index (χ1v) is 12.2. The van der Waals surface area contributed by atoms with Crippen LogP contribution in [0.4, 0.5) is 5.69 Å². The van der Waals surface area contributed by atoms with Crippen molar-refractivity contribution < 1.29 is 17.9 Å². The second-order valence-electron chi connectivity index (χ2n) is 7.80. The third-order valence-electron chi connectivity index (χ3n) is 5.50. The van der Waals surface area contributed by atoms with Crippen molar-refractivity contribution in [2.45, 2.75) is 43.5 Å². The Balaban J connectivity index is 1.61. The van der Waals surface area contributed by atoms with Gasteiger partial charge in [-0.3, -0.25) is 9.52 Å². The van der Waals surface area contributed by atoms with E-state index in [-0.39, 0.29) is 16.8 Å². The third-order valence-corrected chi connectivity index (χ3v) is 6.88. The first-order valence-electron chi connectivity index (χ1n) is 10.7. The van der Waals surface area contributed by atoms with Crippen molar-refractivity contribution >= 4 is 21.6 Å². The lowest BCUT2D eigenvalue weighted by molar-refractivity contribution is 0.0910. The lowest BCUT2D eigenvalue weighted by Crippen LogP contribution is -2.44. The average molecular weight is 446 g/mol. The zero-order valence-electron chi connectivity index (χ0n) is 18.1. The highest BCUT2D eigenvalue weighted by molar-refractivity contribution is 7.92. The quantitative estimate of drug-likeness (QED) is 0.617. The summed E-state index contributed by atoms with van der Waals surface area (Å²) in [6.45, 7) is 5.25. The summed E-state index contributed by atoms with van der Waals surface area (Å²) in [5.41, 5.74) is 0.761. The molecule has 2 aromatic carbocycles. The van der Waals surface area contributed by atoms with Crippen LogP contribution in [0.3, 0.4) is 0 Å². The van der Waals surface area contributed by atoms with Crippen molar-refractivity contribution in [2.75, 3.05) is 31.5 Å². The standard InChI is InChI=1S/C23H31N3O4S/c1-3-4-14-26-15-12-19(13-16-26)24-23(27)18-6-5-7-22(17-18)31(28,29)25-20-8-10-21(30-2)11-9-20/h5-11,17,19,25H,3-4,12-16H2,1-2H3,(H,24,27). The van der Waals surface area contributed by atoms with Crippen molar-refractivity contribution in [3.8, 4) is 5.75 Å². The van der Waals surface area contributed by atoms with Crippen LogP contribution < -0.4 is 14.8 Å². The van der Waals surface area contributed by atoms with Gasteiger partial charge in [0.1, 0.15) is 5.75 Å². The molecule has 1 fully saturated rings. The largest absolute Gasteiger partial charge is 0.497 e. The van der Waals surface area contributed by atoms with Gasteiger partial charge in [-0.1, -0.05) is 19.4 Å². The van der Waals surface area contributed by atoms with E-state index in [0.29, 0.717) is 17.0 Å². The SMILES string of the molecule is CCCCN1CCC(NC(=O)c2cccc(S(=O)(=O)Nc3ccc(OC)cc3)c2)CC1. The molecule has 0 aliphatic carbocycles. The third kappa shape index (κ3) is 6.45. The summed E-state index contributed by atoms with van der Waals surface area (Å²) in [7, 11) is -2.27. The molecule has 7 nitrogen and oxygen atoms in total. The van der Waals surface area contributed by atoms with Crippen LogP contribution in [0.1, 0.15) is 43.0 Å². The molecule has 1 amide bonds. The molecule has 168 valence electrons. The maximum atomic E-state index is 12.8. The Morgan fingerprint density at radius 2 is 1.84 bits per heavy atom. The van der Waals surface area contributed by atoms with E-state index >= 15 is 0 Å². The number of benzene rings is 2. The predicted octanol–water partition coefficient (Wildman–Crippen LogP) is 3.49. The van der Waals surface area contributed by atoms with E-state index in [0.717, 1.165) is 32.5 Å². The summed E-state index contributed by atoms with van der Waals surface area (Å²) in [6, 6.07) is 12.8. The maximum Gasteiger partial charge on any atom is 0.261 e. The predicted molar refractivity (Wildman–Crippen MR) is 122 cm³/mol. The molecule has 0 unspecified atom stereocenters. The molecule has 1 aliphatic heterocycles. The van der Waals surface area contributed by atoms with Gasteiger partial charge in [-0.05, 0) is 68.3 Å². The molecule has 0 radical (unpaired) electrons. The zero-order valence-corrected chi connectivity index (χ0v) is 19.0. The smallest absolute Gasteiger partial charge is 0.261 e. The highest BCUT2D eigenvalue weighted by Crippen LogP contribution is 2.20. The number of hydrogen-bond acceptors (Lipinski definition) is 5. The Hall–Kier alpha value is -2.58. The average Bonchev–Trinajstić information content (AvgIpc) is 2.79. The number of nitrogens with one attached hydrogen (secondary N) is 2. The van der Waals surface area contributed by atoms with Crippen molar-refractivity contribution in [3.05, 3.63) is 54.1 Å². The molecule has 8 heteroatoms. The second-order valence-corrected chi connectivity index (χ2v) is 9.49. The van der Waals surface area contributed by atoms with E-state index in [1.165, 1.54) is 25.0 Å². The number of nitrogens with zero attached hydrogens (tertiary/aromatic N) is 1. The lowest BCUT2D eigenvalue weighted by atomic mass is 10.0. The van der Waals surface area contributed by atoms with Crippen LogP contribution in [0.25, 0.3) is 0 Å². The monoisotopic (exact) mass is 445 g/mol. The van der Waals surface area contributed by atoms with Crippen LogP contribution in [0, 0.1) is 0 Å². The van der Waals surface area contributed by atoms with Gasteiger partial charge in [0.2, 0.25) is 0 Å². The minimum atomic E-state index is -3.82. The van der Waals surface area contributed by atoms with Gasteiger partial charge in [-0.25, -0.2) is 8.42 Å². The van der Waals surface area contributed by atoms with Crippen LogP contribution in [0.5, 0.6) is 5.75 Å².